The van der Waals surface area contributed by atoms with Crippen LogP contribution in [0.2, 0.25) is 0 Å². The second-order valence-corrected chi connectivity index (χ2v) is 3.43. The Morgan fingerprint density at radius 3 is 2.57 bits per heavy atom. The van der Waals surface area contributed by atoms with E-state index in [1.165, 1.54) is 0 Å². The van der Waals surface area contributed by atoms with E-state index in [1.54, 1.807) is 0 Å². The van der Waals surface area contributed by atoms with Crippen LogP contribution in [0.5, 0.6) is 0 Å². The van der Waals surface area contributed by atoms with Gasteiger partial charge in [-0.3, -0.25) is 8.18 Å². The van der Waals surface area contributed by atoms with Crippen LogP contribution in [0.1, 0.15) is 0 Å². The Labute approximate surface area is 56.3 Å². The van der Waals surface area contributed by atoms with Crippen molar-refractivity contribution in [1.29, 1.82) is 0 Å². The fourth-order valence-corrected chi connectivity index (χ4v) is 1.05. The molecule has 0 aromatic rings. The van der Waals surface area contributed by atoms with Crippen LogP contribution in [-0.4, -0.2) is 22.6 Å². The molecular weight excluding hydrogens is 207 g/mol. The molecule has 0 aromatic heterocycles. The van der Waals surface area contributed by atoms with Crippen molar-refractivity contribution in [3.05, 3.63) is 5.21 Å². The van der Waals surface area contributed by atoms with E-state index in [4.69, 9.17) is 0 Å². The molecule has 0 amide bonds. The Kier molecular flexibility index (Phi) is 1.52. The lowest BCUT2D eigenvalue weighted by Gasteiger charge is -2.26. The number of nitrogens with one attached hydrogen (secondary N) is 1. The summed E-state index contributed by atoms with van der Waals surface area (Å²) in [6.45, 7) is 2.15. The van der Waals surface area contributed by atoms with E-state index in [0.717, 1.165) is 6.54 Å². The summed E-state index contributed by atoms with van der Waals surface area (Å²) in [5, 5.41) is 13.7. The minimum absolute atomic E-state index is 0.141. The average Bonchev–Trinajstić information content (AvgIpc) is 1.84. The van der Waals surface area contributed by atoms with E-state index in [1.807, 2.05) is 22.9 Å². The molecule has 1 saturated heterocycles. The molecule has 3 nitrogen and oxygen atoms in total. The molecule has 1 atom stereocenters. The van der Waals surface area contributed by atoms with E-state index in [-0.39, 0.29) is 2.86 Å². The summed E-state index contributed by atoms with van der Waals surface area (Å²) in [5.41, 5.74) is 0. The zero-order valence-corrected chi connectivity index (χ0v) is 6.01. The van der Waals surface area contributed by atoms with Crippen LogP contribution in [0, 0.1) is 5.21 Å². The van der Waals surface area contributed by atoms with Gasteiger partial charge >= 0.3 is 0 Å². The van der Waals surface area contributed by atoms with Crippen LogP contribution in [0.4, 0.5) is 0 Å². The number of quaternary nitrogens is 1. The number of rotatable bonds is 0. The number of hydrogen-bond donors (Lipinski definition) is 1. The van der Waals surface area contributed by atoms with Gasteiger partial charge in [-0.05, 0) is 0 Å². The van der Waals surface area contributed by atoms with E-state index in [2.05, 4.69) is 5.32 Å². The van der Waals surface area contributed by atoms with Gasteiger partial charge in [0.15, 0.2) is 0 Å². The summed E-state index contributed by atoms with van der Waals surface area (Å²) in [6, 6.07) is 0. The lowest BCUT2D eigenvalue weighted by Crippen LogP contribution is -2.27. The van der Waals surface area contributed by atoms with Gasteiger partial charge in [0.05, 0.1) is 13.1 Å². The van der Waals surface area contributed by atoms with Gasteiger partial charge in [-0.1, -0.05) is 0 Å². The third-order valence-corrected chi connectivity index (χ3v) is 1.79. The van der Waals surface area contributed by atoms with Gasteiger partial charge in [-0.2, -0.15) is 0 Å². The molecule has 0 bridgehead atoms. The van der Waals surface area contributed by atoms with Crippen LogP contribution >= 0.6 is 22.9 Å². The molecule has 0 aliphatic carbocycles. The van der Waals surface area contributed by atoms with Crippen molar-refractivity contribution >= 4 is 22.9 Å². The number of hydroxylamine groups is 2. The molecule has 1 rings (SSSR count). The highest BCUT2D eigenvalue weighted by atomic mass is 127. The van der Waals surface area contributed by atoms with Gasteiger partial charge in [0, 0.05) is 0 Å². The van der Waals surface area contributed by atoms with Gasteiger partial charge in [0.2, 0.25) is 0 Å². The van der Waals surface area contributed by atoms with Crippen molar-refractivity contribution in [3.63, 3.8) is 0 Å². The molecule has 0 radical (unpaired) electrons. The fraction of sp³-hybridized carbons (Fsp3) is 1.00. The predicted molar refractivity (Wildman–Crippen MR) is 35.4 cm³/mol. The minimum atomic E-state index is -0.141. The van der Waals surface area contributed by atoms with Crippen LogP contribution in [0.15, 0.2) is 0 Å². The Bertz CT molecular complexity index is 67.3. The first-order valence-corrected chi connectivity index (χ1v) is 3.16. The summed E-state index contributed by atoms with van der Waals surface area (Å²) in [6.07, 6.45) is 0. The standard InChI is InChI=1S/C3H7IN2O/c4-6(7)2-1-5-3-6/h5H,1-3H2. The molecule has 0 aromatic carbocycles. The molecule has 1 N–H and O–H groups in total. The minimum Gasteiger partial charge on any atom is -0.624 e. The van der Waals surface area contributed by atoms with Gasteiger partial charge in [0.25, 0.3) is 22.9 Å². The SMILES string of the molecule is [O-][N+]1(I)CCNC1. The van der Waals surface area contributed by atoms with E-state index in [9.17, 15) is 5.21 Å². The normalized spacial score (nSPS) is 42.0. The largest absolute Gasteiger partial charge is 0.624 e. The molecule has 7 heavy (non-hydrogen) atoms. The molecule has 1 fully saturated rings. The molecule has 42 valence electrons. The second kappa shape index (κ2) is 1.85. The summed E-state index contributed by atoms with van der Waals surface area (Å²) >= 11 is 1.89. The van der Waals surface area contributed by atoms with Gasteiger partial charge < -0.3 is 5.21 Å². The van der Waals surface area contributed by atoms with Crippen molar-refractivity contribution in [3.8, 4) is 0 Å². The molecule has 4 heteroatoms. The summed E-state index contributed by atoms with van der Waals surface area (Å²) in [7, 11) is 0. The Hall–Kier alpha value is 0.610. The van der Waals surface area contributed by atoms with Crippen LogP contribution in [0.25, 0.3) is 0 Å². The van der Waals surface area contributed by atoms with E-state index >= 15 is 0 Å². The van der Waals surface area contributed by atoms with Crippen molar-refractivity contribution in [2.24, 2.45) is 0 Å². The first-order chi connectivity index (χ1) is 3.21. The first kappa shape index (κ1) is 5.74. The third-order valence-electron chi connectivity index (χ3n) is 0.970. The number of hydrogen-bond acceptors (Lipinski definition) is 2. The number of nitrogens with zero attached hydrogens (tertiary/aromatic N) is 1. The molecule has 0 saturated carbocycles. The lowest BCUT2D eigenvalue weighted by molar-refractivity contribution is -0.681. The van der Waals surface area contributed by atoms with E-state index < -0.39 is 0 Å². The summed E-state index contributed by atoms with van der Waals surface area (Å²) in [5.74, 6) is 0. The van der Waals surface area contributed by atoms with Crippen LogP contribution in [0.3, 0.4) is 0 Å². The maximum Gasteiger partial charge on any atom is 0.250 e. The molecule has 1 heterocycles. The maximum atomic E-state index is 10.8. The van der Waals surface area contributed by atoms with Crippen molar-refractivity contribution in [2.45, 2.75) is 0 Å². The summed E-state index contributed by atoms with van der Waals surface area (Å²) in [4.78, 5) is 0. The Morgan fingerprint density at radius 1 is 1.71 bits per heavy atom. The highest BCUT2D eigenvalue weighted by Crippen LogP contribution is 2.13. The fourth-order valence-electron chi connectivity index (χ4n) is 0.571. The van der Waals surface area contributed by atoms with Crippen LogP contribution in [-0.2, 0) is 0 Å². The zero-order chi connectivity index (χ0) is 5.33. The molecule has 1 aliphatic rings. The smallest absolute Gasteiger partial charge is 0.250 e. The maximum absolute atomic E-state index is 10.8. The lowest BCUT2D eigenvalue weighted by atomic mass is 10.7. The average molecular weight is 214 g/mol. The molecular formula is C3H7IN2O. The monoisotopic (exact) mass is 214 g/mol. The quantitative estimate of drug-likeness (QED) is 0.355. The highest BCUT2D eigenvalue weighted by Gasteiger charge is 2.17. The topological polar surface area (TPSA) is 35.1 Å². The molecule has 1 unspecified atom stereocenters. The van der Waals surface area contributed by atoms with Gasteiger partial charge in [-0.15, -0.1) is 0 Å². The molecule has 0 spiro atoms. The zero-order valence-electron chi connectivity index (χ0n) is 3.85. The summed E-state index contributed by atoms with van der Waals surface area (Å²) < 4.78 is -0.141. The highest BCUT2D eigenvalue weighted by molar-refractivity contribution is 14.1. The predicted octanol–water partition coefficient (Wildman–Crippen LogP) is 0.212. The van der Waals surface area contributed by atoms with Crippen molar-refractivity contribution < 1.29 is 2.86 Å². The number of halogens is 1. The third kappa shape index (κ3) is 1.52. The van der Waals surface area contributed by atoms with Crippen molar-refractivity contribution in [2.75, 3.05) is 19.8 Å². The van der Waals surface area contributed by atoms with Crippen molar-refractivity contribution in [1.82, 2.24) is 5.32 Å². The second-order valence-electron chi connectivity index (χ2n) is 1.67. The van der Waals surface area contributed by atoms with Gasteiger partial charge in [-0.25, -0.2) is 0 Å². The Balaban J connectivity index is 2.40. The van der Waals surface area contributed by atoms with E-state index in [0.29, 0.717) is 13.2 Å². The van der Waals surface area contributed by atoms with Gasteiger partial charge in [0.1, 0.15) is 6.67 Å². The van der Waals surface area contributed by atoms with Crippen LogP contribution < -0.4 is 5.32 Å². The first-order valence-electron chi connectivity index (χ1n) is 2.19. The Morgan fingerprint density at radius 2 is 2.43 bits per heavy atom. The molecule has 1 aliphatic heterocycles.